The van der Waals surface area contributed by atoms with Crippen molar-refractivity contribution in [1.29, 1.82) is 0 Å². The summed E-state index contributed by atoms with van der Waals surface area (Å²) in [6, 6.07) is -0.841. The number of thiol groups is 1. The Morgan fingerprint density at radius 1 is 1.56 bits per heavy atom. The lowest BCUT2D eigenvalue weighted by molar-refractivity contribution is -0.149. The van der Waals surface area contributed by atoms with Crippen LogP contribution >= 0.6 is 12.6 Å². The van der Waals surface area contributed by atoms with Crippen LogP contribution in [0.4, 0.5) is 0 Å². The van der Waals surface area contributed by atoms with Crippen LogP contribution in [-0.2, 0) is 14.3 Å². The molecule has 5 nitrogen and oxygen atoms in total. The Kier molecular flexibility index (Phi) is 6.83. The van der Waals surface area contributed by atoms with E-state index in [-0.39, 0.29) is 11.3 Å². The summed E-state index contributed by atoms with van der Waals surface area (Å²) in [5.74, 6) is -1.45. The third-order valence-corrected chi connectivity index (χ3v) is 2.20. The van der Waals surface area contributed by atoms with Crippen LogP contribution in [0.2, 0.25) is 0 Å². The molecule has 0 aliphatic heterocycles. The van der Waals surface area contributed by atoms with Crippen LogP contribution < -0.4 is 5.32 Å². The Morgan fingerprint density at radius 2 is 2.12 bits per heavy atom. The third-order valence-electron chi connectivity index (χ3n) is 1.84. The smallest absolute Gasteiger partial charge is 0.334 e. The van der Waals surface area contributed by atoms with E-state index in [0.29, 0.717) is 6.42 Å². The summed E-state index contributed by atoms with van der Waals surface area (Å²) in [5.41, 5.74) is 0.276. The van der Waals surface area contributed by atoms with Crippen LogP contribution in [0.15, 0.2) is 12.2 Å². The lowest BCUT2D eigenvalue weighted by Gasteiger charge is -2.21. The van der Waals surface area contributed by atoms with Crippen LogP contribution in [0.3, 0.4) is 0 Å². The predicted molar refractivity (Wildman–Crippen MR) is 63.4 cm³/mol. The summed E-state index contributed by atoms with van der Waals surface area (Å²) in [6.07, 6.45) is -0.172. The SMILES string of the molecule is C=C(C)C(=O)OC(CC)NC(CS)C(=O)O. The number of hydrogen-bond acceptors (Lipinski definition) is 5. The van der Waals surface area contributed by atoms with Crippen molar-refractivity contribution in [3.8, 4) is 0 Å². The van der Waals surface area contributed by atoms with Gasteiger partial charge >= 0.3 is 11.9 Å². The van der Waals surface area contributed by atoms with Crippen molar-refractivity contribution < 1.29 is 19.4 Å². The molecular weight excluding hydrogens is 230 g/mol. The standard InChI is InChI=1S/C10H17NO4S/c1-4-8(15-10(14)6(2)3)11-7(5-16)9(12)13/h7-8,11,16H,2,4-5H2,1,3H3,(H,12,13). The van der Waals surface area contributed by atoms with E-state index in [4.69, 9.17) is 9.84 Å². The number of carbonyl (C=O) groups excluding carboxylic acids is 1. The zero-order valence-corrected chi connectivity index (χ0v) is 10.3. The summed E-state index contributed by atoms with van der Waals surface area (Å²) in [6.45, 7) is 6.75. The van der Waals surface area contributed by atoms with Crippen molar-refractivity contribution in [3.05, 3.63) is 12.2 Å². The fourth-order valence-corrected chi connectivity index (χ4v) is 1.15. The molecule has 2 unspecified atom stereocenters. The molecule has 0 rings (SSSR count). The van der Waals surface area contributed by atoms with Gasteiger partial charge in [-0.15, -0.1) is 0 Å². The number of rotatable bonds is 7. The maximum atomic E-state index is 11.2. The zero-order chi connectivity index (χ0) is 12.7. The fourth-order valence-electron chi connectivity index (χ4n) is 0.891. The van der Waals surface area contributed by atoms with Crippen LogP contribution in [0.1, 0.15) is 20.3 Å². The minimum atomic E-state index is -1.03. The van der Waals surface area contributed by atoms with E-state index in [0.717, 1.165) is 0 Å². The van der Waals surface area contributed by atoms with Crippen molar-refractivity contribution in [3.63, 3.8) is 0 Å². The average Bonchev–Trinajstić information content (AvgIpc) is 2.22. The number of carboxylic acid groups (broad SMARTS) is 1. The molecule has 0 heterocycles. The lowest BCUT2D eigenvalue weighted by Crippen LogP contribution is -2.46. The molecule has 0 saturated heterocycles. The van der Waals surface area contributed by atoms with Crippen molar-refractivity contribution in [2.24, 2.45) is 0 Å². The Bertz CT molecular complexity index is 280. The molecule has 0 saturated carbocycles. The average molecular weight is 247 g/mol. The predicted octanol–water partition coefficient (Wildman–Crippen LogP) is 0.814. The molecule has 16 heavy (non-hydrogen) atoms. The summed E-state index contributed by atoms with van der Waals surface area (Å²) in [5, 5.41) is 11.5. The maximum Gasteiger partial charge on any atom is 0.334 e. The van der Waals surface area contributed by atoms with Gasteiger partial charge in [0, 0.05) is 11.3 Å². The molecule has 2 N–H and O–H groups in total. The molecule has 6 heteroatoms. The minimum absolute atomic E-state index is 0.121. The van der Waals surface area contributed by atoms with E-state index in [9.17, 15) is 9.59 Å². The van der Waals surface area contributed by atoms with E-state index in [1.54, 1.807) is 6.92 Å². The second-order valence-corrected chi connectivity index (χ2v) is 3.69. The second kappa shape index (κ2) is 7.29. The Balaban J connectivity index is 4.34. The van der Waals surface area contributed by atoms with Gasteiger partial charge in [0.1, 0.15) is 6.04 Å². The highest BCUT2D eigenvalue weighted by Crippen LogP contribution is 2.02. The normalized spacial score (nSPS) is 13.9. The van der Waals surface area contributed by atoms with E-state index >= 15 is 0 Å². The highest BCUT2D eigenvalue weighted by Gasteiger charge is 2.21. The minimum Gasteiger partial charge on any atom is -0.480 e. The molecule has 0 aromatic heterocycles. The van der Waals surface area contributed by atoms with Gasteiger partial charge in [-0.2, -0.15) is 12.6 Å². The number of carbonyl (C=O) groups is 2. The maximum absolute atomic E-state index is 11.2. The van der Waals surface area contributed by atoms with Gasteiger partial charge in [0.15, 0.2) is 6.23 Å². The van der Waals surface area contributed by atoms with E-state index in [2.05, 4.69) is 24.5 Å². The number of esters is 1. The van der Waals surface area contributed by atoms with E-state index < -0.39 is 24.2 Å². The summed E-state index contributed by atoms with van der Waals surface area (Å²) in [7, 11) is 0. The molecule has 0 aromatic carbocycles. The summed E-state index contributed by atoms with van der Waals surface area (Å²) < 4.78 is 5.00. The topological polar surface area (TPSA) is 75.6 Å². The molecule has 0 amide bonds. The monoisotopic (exact) mass is 247 g/mol. The molecule has 0 fully saturated rings. The highest BCUT2D eigenvalue weighted by atomic mass is 32.1. The van der Waals surface area contributed by atoms with Gasteiger partial charge in [0.2, 0.25) is 0 Å². The third kappa shape index (κ3) is 5.18. The van der Waals surface area contributed by atoms with E-state index in [1.807, 2.05) is 0 Å². The van der Waals surface area contributed by atoms with E-state index in [1.165, 1.54) is 6.92 Å². The van der Waals surface area contributed by atoms with Crippen molar-refractivity contribution in [2.45, 2.75) is 32.5 Å². The zero-order valence-electron chi connectivity index (χ0n) is 9.40. The molecule has 0 radical (unpaired) electrons. The second-order valence-electron chi connectivity index (χ2n) is 3.32. The molecule has 0 bridgehead atoms. The highest BCUT2D eigenvalue weighted by molar-refractivity contribution is 7.80. The first-order chi connectivity index (χ1) is 7.42. The number of aliphatic carboxylic acids is 1. The number of ether oxygens (including phenoxy) is 1. The van der Waals surface area contributed by atoms with Crippen LogP contribution in [0, 0.1) is 0 Å². The summed E-state index contributed by atoms with van der Waals surface area (Å²) >= 11 is 3.90. The van der Waals surface area contributed by atoms with Crippen molar-refractivity contribution in [2.75, 3.05) is 5.75 Å². The molecule has 0 spiro atoms. The Morgan fingerprint density at radius 3 is 2.44 bits per heavy atom. The fraction of sp³-hybridized carbons (Fsp3) is 0.600. The Hall–Kier alpha value is -1.01. The number of hydrogen-bond donors (Lipinski definition) is 3. The number of nitrogens with one attached hydrogen (secondary N) is 1. The first kappa shape index (κ1) is 15.0. The van der Waals surface area contributed by atoms with Gasteiger partial charge in [0.25, 0.3) is 0 Å². The molecular formula is C10H17NO4S. The molecule has 0 aliphatic carbocycles. The van der Waals surface area contributed by atoms with Crippen LogP contribution in [0.25, 0.3) is 0 Å². The Labute approximate surface area is 100 Å². The van der Waals surface area contributed by atoms with Gasteiger partial charge in [0.05, 0.1) is 0 Å². The molecule has 0 aliphatic rings. The molecule has 0 aromatic rings. The summed E-state index contributed by atoms with van der Waals surface area (Å²) in [4.78, 5) is 22.0. The van der Waals surface area contributed by atoms with Gasteiger partial charge < -0.3 is 9.84 Å². The quantitative estimate of drug-likeness (QED) is 0.269. The number of carboxylic acids is 1. The first-order valence-electron chi connectivity index (χ1n) is 4.88. The first-order valence-corrected chi connectivity index (χ1v) is 5.51. The molecule has 92 valence electrons. The van der Waals surface area contributed by atoms with Crippen molar-refractivity contribution in [1.82, 2.24) is 5.32 Å². The van der Waals surface area contributed by atoms with Crippen LogP contribution in [0.5, 0.6) is 0 Å². The van der Waals surface area contributed by atoms with Gasteiger partial charge in [-0.1, -0.05) is 13.5 Å². The van der Waals surface area contributed by atoms with Gasteiger partial charge in [-0.25, -0.2) is 4.79 Å². The largest absolute Gasteiger partial charge is 0.480 e. The van der Waals surface area contributed by atoms with Crippen LogP contribution in [-0.4, -0.2) is 35.1 Å². The van der Waals surface area contributed by atoms with Crippen molar-refractivity contribution >= 4 is 24.6 Å². The van der Waals surface area contributed by atoms with Gasteiger partial charge in [-0.3, -0.25) is 10.1 Å². The lowest BCUT2D eigenvalue weighted by atomic mass is 10.3. The van der Waals surface area contributed by atoms with Gasteiger partial charge in [-0.05, 0) is 13.3 Å². The molecule has 2 atom stereocenters.